The van der Waals surface area contributed by atoms with E-state index in [9.17, 15) is 4.79 Å². The largest absolute Gasteiger partial charge is 0.450 e. The normalized spacial score (nSPS) is 15.2. The fourth-order valence-corrected chi connectivity index (χ4v) is 2.72. The van der Waals surface area contributed by atoms with Crippen molar-refractivity contribution < 1.29 is 9.53 Å². The van der Waals surface area contributed by atoms with Crippen molar-refractivity contribution in [2.24, 2.45) is 0 Å². The first-order valence-electron chi connectivity index (χ1n) is 6.52. The van der Waals surface area contributed by atoms with Gasteiger partial charge in [-0.3, -0.25) is 0 Å². The number of amides is 1. The van der Waals surface area contributed by atoms with Crippen LogP contribution in [0.25, 0.3) is 0 Å². The first kappa shape index (κ1) is 14.8. The Morgan fingerprint density at radius 2 is 2.10 bits per heavy atom. The first-order valence-corrected chi connectivity index (χ1v) is 7.31. The Morgan fingerprint density at radius 1 is 1.40 bits per heavy atom. The van der Waals surface area contributed by atoms with Gasteiger partial charge >= 0.3 is 6.09 Å². The molecule has 1 amide bonds. The minimum Gasteiger partial charge on any atom is -0.450 e. The predicted octanol–water partition coefficient (Wildman–Crippen LogP) is 1.56. The van der Waals surface area contributed by atoms with Crippen molar-refractivity contribution in [1.82, 2.24) is 14.9 Å². The molecule has 1 aliphatic heterocycles. The van der Waals surface area contributed by atoms with Gasteiger partial charge in [0, 0.05) is 33.2 Å². The van der Waals surface area contributed by atoms with Crippen molar-refractivity contribution in [3.05, 3.63) is 10.8 Å². The van der Waals surface area contributed by atoms with E-state index in [0.29, 0.717) is 19.7 Å². The maximum absolute atomic E-state index is 11.6. The number of hydrogen-bond acceptors (Lipinski definition) is 6. The van der Waals surface area contributed by atoms with E-state index in [1.54, 1.807) is 4.90 Å². The number of halogens is 1. The van der Waals surface area contributed by atoms with E-state index in [-0.39, 0.29) is 6.09 Å². The van der Waals surface area contributed by atoms with Crippen LogP contribution in [0.1, 0.15) is 6.92 Å². The Hall–Kier alpha value is -1.57. The molecule has 0 radical (unpaired) electrons. The molecule has 0 saturated carbocycles. The van der Waals surface area contributed by atoms with Gasteiger partial charge in [-0.15, -0.1) is 0 Å². The summed E-state index contributed by atoms with van der Waals surface area (Å²) in [5, 5.41) is 3.01. The van der Waals surface area contributed by atoms with Crippen LogP contribution in [0.2, 0.25) is 0 Å². The molecular formula is C12H18BrN5O2. The molecule has 0 bridgehead atoms. The van der Waals surface area contributed by atoms with E-state index in [1.807, 2.05) is 14.0 Å². The molecule has 110 valence electrons. The van der Waals surface area contributed by atoms with Gasteiger partial charge in [-0.2, -0.15) is 0 Å². The minimum atomic E-state index is -0.246. The van der Waals surface area contributed by atoms with Crippen LogP contribution in [0.4, 0.5) is 16.4 Å². The number of anilines is 2. The summed E-state index contributed by atoms with van der Waals surface area (Å²) in [6, 6.07) is 0. The Labute approximate surface area is 126 Å². The second-order valence-corrected chi connectivity index (χ2v) is 5.08. The van der Waals surface area contributed by atoms with Crippen LogP contribution in [0.3, 0.4) is 0 Å². The number of aromatic nitrogens is 2. The average Bonchev–Trinajstić information content (AvgIpc) is 2.48. The third kappa shape index (κ3) is 3.12. The second-order valence-electron chi connectivity index (χ2n) is 4.28. The molecule has 2 heterocycles. The Balaban J connectivity index is 2.02. The summed E-state index contributed by atoms with van der Waals surface area (Å²) in [6.07, 6.45) is 1.29. The van der Waals surface area contributed by atoms with E-state index in [0.717, 1.165) is 29.2 Å². The zero-order valence-corrected chi connectivity index (χ0v) is 13.2. The summed E-state index contributed by atoms with van der Waals surface area (Å²) in [4.78, 5) is 23.9. The van der Waals surface area contributed by atoms with E-state index < -0.39 is 0 Å². The SMILES string of the molecule is CCOC(=O)N1CCN(c2ncnc(NC)c2Br)CC1. The average molecular weight is 344 g/mol. The molecule has 1 aromatic heterocycles. The molecule has 20 heavy (non-hydrogen) atoms. The monoisotopic (exact) mass is 343 g/mol. The van der Waals surface area contributed by atoms with Crippen molar-refractivity contribution in [3.8, 4) is 0 Å². The number of nitrogens with zero attached hydrogens (tertiary/aromatic N) is 4. The van der Waals surface area contributed by atoms with E-state index in [1.165, 1.54) is 6.33 Å². The van der Waals surface area contributed by atoms with Gasteiger partial charge in [0.15, 0.2) is 0 Å². The molecule has 0 spiro atoms. The highest BCUT2D eigenvalue weighted by Gasteiger charge is 2.24. The van der Waals surface area contributed by atoms with Crippen molar-refractivity contribution in [2.75, 3.05) is 50.1 Å². The lowest BCUT2D eigenvalue weighted by Gasteiger charge is -2.35. The molecule has 8 heteroatoms. The molecule has 0 unspecified atom stereocenters. The number of carbonyl (C=O) groups is 1. The summed E-state index contributed by atoms with van der Waals surface area (Å²) in [5.74, 6) is 1.59. The number of piperazine rings is 1. The Morgan fingerprint density at radius 3 is 2.70 bits per heavy atom. The fourth-order valence-electron chi connectivity index (χ4n) is 2.07. The molecular weight excluding hydrogens is 326 g/mol. The van der Waals surface area contributed by atoms with Crippen molar-refractivity contribution >= 4 is 33.7 Å². The topological polar surface area (TPSA) is 70.6 Å². The molecule has 1 N–H and O–H groups in total. The van der Waals surface area contributed by atoms with Gasteiger partial charge in [-0.05, 0) is 22.9 Å². The van der Waals surface area contributed by atoms with Gasteiger partial charge in [0.1, 0.15) is 22.4 Å². The zero-order chi connectivity index (χ0) is 14.5. The predicted molar refractivity (Wildman–Crippen MR) is 80.1 cm³/mol. The Bertz CT molecular complexity index is 477. The lowest BCUT2D eigenvalue weighted by atomic mass is 10.3. The smallest absolute Gasteiger partial charge is 0.409 e. The van der Waals surface area contributed by atoms with Crippen LogP contribution in [-0.4, -0.2) is 60.8 Å². The van der Waals surface area contributed by atoms with E-state index in [2.05, 4.69) is 36.1 Å². The van der Waals surface area contributed by atoms with Crippen LogP contribution in [0.15, 0.2) is 10.8 Å². The highest BCUT2D eigenvalue weighted by Crippen LogP contribution is 2.29. The zero-order valence-electron chi connectivity index (χ0n) is 11.6. The summed E-state index contributed by atoms with van der Waals surface area (Å²) in [7, 11) is 1.82. The van der Waals surface area contributed by atoms with Crippen molar-refractivity contribution in [2.45, 2.75) is 6.92 Å². The Kier molecular flexibility index (Phi) is 4.99. The highest BCUT2D eigenvalue weighted by molar-refractivity contribution is 9.10. The molecule has 7 nitrogen and oxygen atoms in total. The standard InChI is InChI=1S/C12H18BrN5O2/c1-3-20-12(19)18-6-4-17(5-7-18)11-9(13)10(14-2)15-8-16-11/h8H,3-7H2,1-2H3,(H,14,15,16). The fraction of sp³-hybridized carbons (Fsp3) is 0.583. The maximum Gasteiger partial charge on any atom is 0.409 e. The van der Waals surface area contributed by atoms with E-state index in [4.69, 9.17) is 4.74 Å². The van der Waals surface area contributed by atoms with E-state index >= 15 is 0 Å². The van der Waals surface area contributed by atoms with Crippen LogP contribution >= 0.6 is 15.9 Å². The van der Waals surface area contributed by atoms with Gasteiger partial charge in [-0.25, -0.2) is 14.8 Å². The number of carbonyl (C=O) groups excluding carboxylic acids is 1. The molecule has 0 aliphatic carbocycles. The number of rotatable bonds is 3. The quantitative estimate of drug-likeness (QED) is 0.897. The lowest BCUT2D eigenvalue weighted by Crippen LogP contribution is -2.49. The maximum atomic E-state index is 11.6. The second kappa shape index (κ2) is 6.74. The van der Waals surface area contributed by atoms with Crippen molar-refractivity contribution in [1.29, 1.82) is 0 Å². The van der Waals surface area contributed by atoms with Gasteiger partial charge in [0.2, 0.25) is 0 Å². The third-order valence-electron chi connectivity index (χ3n) is 3.11. The van der Waals surface area contributed by atoms with Crippen LogP contribution in [-0.2, 0) is 4.74 Å². The summed E-state index contributed by atoms with van der Waals surface area (Å²) in [6.45, 7) is 4.91. The van der Waals surface area contributed by atoms with Gasteiger partial charge in [0.05, 0.1) is 6.61 Å². The van der Waals surface area contributed by atoms with Crippen LogP contribution < -0.4 is 10.2 Å². The van der Waals surface area contributed by atoms with Gasteiger partial charge in [0.25, 0.3) is 0 Å². The summed E-state index contributed by atoms with van der Waals surface area (Å²) in [5.41, 5.74) is 0. The minimum absolute atomic E-state index is 0.246. The molecule has 0 aromatic carbocycles. The van der Waals surface area contributed by atoms with Gasteiger partial charge < -0.3 is 19.9 Å². The molecule has 1 saturated heterocycles. The number of ether oxygens (including phenoxy) is 1. The highest BCUT2D eigenvalue weighted by atomic mass is 79.9. The number of hydrogen-bond donors (Lipinski definition) is 1. The molecule has 2 rings (SSSR count). The van der Waals surface area contributed by atoms with Crippen LogP contribution in [0.5, 0.6) is 0 Å². The first-order chi connectivity index (χ1) is 9.67. The molecule has 0 atom stereocenters. The molecule has 1 aromatic rings. The lowest BCUT2D eigenvalue weighted by molar-refractivity contribution is 0.105. The molecule has 1 fully saturated rings. The third-order valence-corrected chi connectivity index (χ3v) is 3.84. The summed E-state index contributed by atoms with van der Waals surface area (Å²) < 4.78 is 5.85. The summed E-state index contributed by atoms with van der Waals surface area (Å²) >= 11 is 3.51. The van der Waals surface area contributed by atoms with Crippen molar-refractivity contribution in [3.63, 3.8) is 0 Å². The van der Waals surface area contributed by atoms with Gasteiger partial charge in [-0.1, -0.05) is 0 Å². The van der Waals surface area contributed by atoms with Crippen LogP contribution in [0, 0.1) is 0 Å². The molecule has 1 aliphatic rings. The number of nitrogens with one attached hydrogen (secondary N) is 1.